The number of aryl methyl sites for hydroxylation is 2. The van der Waals surface area contributed by atoms with Gasteiger partial charge in [-0.25, -0.2) is 4.98 Å². The Morgan fingerprint density at radius 2 is 2.12 bits per heavy atom. The zero-order chi connectivity index (χ0) is 17.1. The summed E-state index contributed by atoms with van der Waals surface area (Å²) in [5, 5.41) is 3.37. The van der Waals surface area contributed by atoms with Crippen molar-refractivity contribution >= 4 is 34.3 Å². The van der Waals surface area contributed by atoms with Crippen LogP contribution in [-0.2, 0) is 11.2 Å². The minimum Gasteiger partial charge on any atom is -0.495 e. The van der Waals surface area contributed by atoms with Crippen molar-refractivity contribution in [3.63, 3.8) is 0 Å². The van der Waals surface area contributed by atoms with Gasteiger partial charge in [-0.2, -0.15) is 0 Å². The number of fused-ring (bicyclic) bond motifs is 1. The third kappa shape index (κ3) is 3.68. The number of anilines is 1. The van der Waals surface area contributed by atoms with E-state index in [0.717, 1.165) is 16.7 Å². The normalized spacial score (nSPS) is 10.8. The predicted molar refractivity (Wildman–Crippen MR) is 93.7 cm³/mol. The monoisotopic (exact) mass is 344 g/mol. The Bertz CT molecular complexity index is 889. The van der Waals surface area contributed by atoms with Gasteiger partial charge in [-0.05, 0) is 42.3 Å². The summed E-state index contributed by atoms with van der Waals surface area (Å²) in [6, 6.07) is 10.9. The number of benzene rings is 2. The van der Waals surface area contributed by atoms with E-state index in [1.165, 1.54) is 0 Å². The molecule has 0 unspecified atom stereocenters. The molecule has 124 valence electrons. The minimum atomic E-state index is -0.105. The van der Waals surface area contributed by atoms with E-state index in [4.69, 9.17) is 20.8 Å². The van der Waals surface area contributed by atoms with E-state index in [-0.39, 0.29) is 5.91 Å². The van der Waals surface area contributed by atoms with Gasteiger partial charge in [-0.1, -0.05) is 17.7 Å². The number of oxazole rings is 1. The number of nitrogens with zero attached hydrogens (tertiary/aromatic N) is 1. The van der Waals surface area contributed by atoms with Gasteiger partial charge >= 0.3 is 0 Å². The van der Waals surface area contributed by atoms with Crippen LogP contribution in [0.1, 0.15) is 17.9 Å². The summed E-state index contributed by atoms with van der Waals surface area (Å²) in [5.74, 6) is 1.10. The number of nitrogens with one attached hydrogen (secondary N) is 1. The third-order valence-corrected chi connectivity index (χ3v) is 3.87. The predicted octanol–water partition coefficient (Wildman–Crippen LogP) is 4.37. The molecule has 0 saturated heterocycles. The van der Waals surface area contributed by atoms with Gasteiger partial charge in [-0.15, -0.1) is 0 Å². The molecule has 0 aliphatic rings. The van der Waals surface area contributed by atoms with Crippen molar-refractivity contribution in [1.82, 2.24) is 4.98 Å². The number of halogens is 1. The van der Waals surface area contributed by atoms with E-state index < -0.39 is 0 Å². The SMILES string of the molecule is COc1ccc(Cl)cc1NC(=O)CCc1ccc2oc(C)nc2c1. The Labute approximate surface area is 144 Å². The molecule has 24 heavy (non-hydrogen) atoms. The maximum absolute atomic E-state index is 12.2. The fourth-order valence-electron chi connectivity index (χ4n) is 2.49. The van der Waals surface area contributed by atoms with Gasteiger partial charge in [-0.3, -0.25) is 4.79 Å². The fourth-order valence-corrected chi connectivity index (χ4v) is 2.66. The highest BCUT2D eigenvalue weighted by Gasteiger charge is 2.09. The molecule has 0 bridgehead atoms. The van der Waals surface area contributed by atoms with E-state index in [9.17, 15) is 4.79 Å². The summed E-state index contributed by atoms with van der Waals surface area (Å²) in [5.41, 5.74) is 3.16. The maximum atomic E-state index is 12.2. The first kappa shape index (κ1) is 16.3. The van der Waals surface area contributed by atoms with Crippen LogP contribution in [0.4, 0.5) is 5.69 Å². The summed E-state index contributed by atoms with van der Waals surface area (Å²) < 4.78 is 10.7. The van der Waals surface area contributed by atoms with E-state index in [0.29, 0.717) is 35.2 Å². The second-order valence-electron chi connectivity index (χ2n) is 5.43. The number of rotatable bonds is 5. The molecular formula is C18H17ClN2O3. The molecule has 0 saturated carbocycles. The first-order valence-corrected chi connectivity index (χ1v) is 7.92. The van der Waals surface area contributed by atoms with Crippen molar-refractivity contribution in [3.8, 4) is 5.75 Å². The van der Waals surface area contributed by atoms with Crippen molar-refractivity contribution in [2.45, 2.75) is 19.8 Å². The minimum absolute atomic E-state index is 0.105. The summed E-state index contributed by atoms with van der Waals surface area (Å²) in [7, 11) is 1.55. The van der Waals surface area contributed by atoms with Crippen LogP contribution in [0.2, 0.25) is 5.02 Å². The van der Waals surface area contributed by atoms with Crippen molar-refractivity contribution in [2.75, 3.05) is 12.4 Å². The van der Waals surface area contributed by atoms with Crippen LogP contribution in [0.5, 0.6) is 5.75 Å². The molecule has 1 N–H and O–H groups in total. The molecule has 3 aromatic rings. The Kier molecular flexibility index (Phi) is 4.71. The molecule has 0 spiro atoms. The summed E-state index contributed by atoms with van der Waals surface area (Å²) in [6.45, 7) is 1.81. The molecule has 1 heterocycles. The standard InChI is InChI=1S/C18H17ClN2O3/c1-11-20-14-9-12(3-6-17(14)24-11)4-8-18(22)21-15-10-13(19)5-7-16(15)23-2/h3,5-7,9-10H,4,8H2,1-2H3,(H,21,22). The van der Waals surface area contributed by atoms with Crippen molar-refractivity contribution in [2.24, 2.45) is 0 Å². The number of hydrogen-bond donors (Lipinski definition) is 1. The number of carbonyl (C=O) groups is 1. The van der Waals surface area contributed by atoms with Crippen LogP contribution >= 0.6 is 11.6 Å². The zero-order valence-electron chi connectivity index (χ0n) is 13.4. The number of carbonyl (C=O) groups excluding carboxylic acids is 1. The van der Waals surface area contributed by atoms with Gasteiger partial charge in [0, 0.05) is 18.4 Å². The number of ether oxygens (including phenoxy) is 1. The molecule has 1 aromatic heterocycles. The Hall–Kier alpha value is -2.53. The Morgan fingerprint density at radius 3 is 2.92 bits per heavy atom. The largest absolute Gasteiger partial charge is 0.495 e. The molecule has 0 aliphatic carbocycles. The molecule has 0 fully saturated rings. The fraction of sp³-hybridized carbons (Fsp3) is 0.222. The molecule has 0 radical (unpaired) electrons. The number of hydrogen-bond acceptors (Lipinski definition) is 4. The van der Waals surface area contributed by atoms with Gasteiger partial charge in [0.2, 0.25) is 5.91 Å². The van der Waals surface area contributed by atoms with Crippen molar-refractivity contribution in [1.29, 1.82) is 0 Å². The highest BCUT2D eigenvalue weighted by Crippen LogP contribution is 2.28. The average molecular weight is 345 g/mol. The Balaban J connectivity index is 1.65. The highest BCUT2D eigenvalue weighted by molar-refractivity contribution is 6.31. The highest BCUT2D eigenvalue weighted by atomic mass is 35.5. The number of amides is 1. The smallest absolute Gasteiger partial charge is 0.224 e. The Morgan fingerprint density at radius 1 is 1.29 bits per heavy atom. The number of methoxy groups -OCH3 is 1. The summed E-state index contributed by atoms with van der Waals surface area (Å²) in [4.78, 5) is 16.5. The van der Waals surface area contributed by atoms with Crippen molar-refractivity contribution < 1.29 is 13.9 Å². The van der Waals surface area contributed by atoms with Gasteiger partial charge < -0.3 is 14.5 Å². The lowest BCUT2D eigenvalue weighted by Crippen LogP contribution is -2.13. The quantitative estimate of drug-likeness (QED) is 0.746. The van der Waals surface area contributed by atoms with Crippen LogP contribution in [-0.4, -0.2) is 18.0 Å². The lowest BCUT2D eigenvalue weighted by Gasteiger charge is -2.10. The second-order valence-corrected chi connectivity index (χ2v) is 5.86. The maximum Gasteiger partial charge on any atom is 0.224 e. The van der Waals surface area contributed by atoms with Crippen LogP contribution in [0, 0.1) is 6.92 Å². The van der Waals surface area contributed by atoms with Gasteiger partial charge in [0.1, 0.15) is 11.3 Å². The molecule has 6 heteroatoms. The second kappa shape index (κ2) is 6.93. The van der Waals surface area contributed by atoms with Crippen LogP contribution < -0.4 is 10.1 Å². The number of aromatic nitrogens is 1. The molecule has 2 aromatic carbocycles. The van der Waals surface area contributed by atoms with E-state index in [2.05, 4.69) is 10.3 Å². The molecular weight excluding hydrogens is 328 g/mol. The zero-order valence-corrected chi connectivity index (χ0v) is 14.2. The molecule has 1 amide bonds. The van der Waals surface area contributed by atoms with Crippen LogP contribution in [0.3, 0.4) is 0 Å². The molecule has 0 atom stereocenters. The third-order valence-electron chi connectivity index (χ3n) is 3.64. The lowest BCUT2D eigenvalue weighted by molar-refractivity contribution is -0.116. The van der Waals surface area contributed by atoms with Crippen LogP contribution in [0.25, 0.3) is 11.1 Å². The molecule has 5 nitrogen and oxygen atoms in total. The van der Waals surface area contributed by atoms with Gasteiger partial charge in [0.25, 0.3) is 0 Å². The summed E-state index contributed by atoms with van der Waals surface area (Å²) >= 11 is 5.96. The topological polar surface area (TPSA) is 64.4 Å². The molecule has 3 rings (SSSR count). The summed E-state index contributed by atoms with van der Waals surface area (Å²) in [6.07, 6.45) is 0.953. The van der Waals surface area contributed by atoms with E-state index >= 15 is 0 Å². The van der Waals surface area contributed by atoms with Gasteiger partial charge in [0.05, 0.1) is 12.8 Å². The van der Waals surface area contributed by atoms with Crippen molar-refractivity contribution in [3.05, 3.63) is 52.9 Å². The van der Waals surface area contributed by atoms with E-state index in [1.54, 1.807) is 25.3 Å². The first-order valence-electron chi connectivity index (χ1n) is 7.54. The van der Waals surface area contributed by atoms with Crippen LogP contribution in [0.15, 0.2) is 40.8 Å². The first-order chi connectivity index (χ1) is 11.5. The van der Waals surface area contributed by atoms with Gasteiger partial charge in [0.15, 0.2) is 11.5 Å². The molecule has 0 aliphatic heterocycles. The van der Waals surface area contributed by atoms with E-state index in [1.807, 2.05) is 25.1 Å². The lowest BCUT2D eigenvalue weighted by atomic mass is 10.1. The average Bonchev–Trinajstić information content (AvgIpc) is 2.92.